The number of aromatic nitrogens is 1. The smallest absolute Gasteiger partial charge is 0.253 e. The third-order valence-electron chi connectivity index (χ3n) is 4.89. The van der Waals surface area contributed by atoms with Crippen LogP contribution in [0.4, 0.5) is 5.69 Å². The molecule has 1 N–H and O–H groups in total. The number of benzene rings is 2. The Morgan fingerprint density at radius 3 is 2.59 bits per heavy atom. The van der Waals surface area contributed by atoms with Crippen LogP contribution in [0.25, 0.3) is 16.7 Å². The third kappa shape index (κ3) is 4.32. The number of amides is 1. The molecule has 1 aliphatic heterocycles. The highest BCUT2D eigenvalue weighted by Gasteiger charge is 2.18. The molecule has 0 saturated carbocycles. The molecule has 6 nitrogen and oxygen atoms in total. The van der Waals surface area contributed by atoms with Crippen molar-refractivity contribution in [3.8, 4) is 0 Å². The summed E-state index contributed by atoms with van der Waals surface area (Å²) < 4.78 is 5.62. The molecule has 0 atom stereocenters. The van der Waals surface area contributed by atoms with Gasteiger partial charge in [-0.15, -0.1) is 0 Å². The molecule has 29 heavy (non-hydrogen) atoms. The summed E-state index contributed by atoms with van der Waals surface area (Å²) in [5.74, 6) is 0.271. The number of hydrogen-bond donors (Lipinski definition) is 1. The number of likely N-dealkylation sites (tertiary alicyclic amines) is 1. The van der Waals surface area contributed by atoms with E-state index < -0.39 is 0 Å². The average Bonchev–Trinajstić information content (AvgIpc) is 3.17. The number of piperidine rings is 1. The fourth-order valence-electron chi connectivity index (χ4n) is 3.32. The van der Waals surface area contributed by atoms with E-state index in [0.717, 1.165) is 31.6 Å². The van der Waals surface area contributed by atoms with Gasteiger partial charge in [-0.2, -0.15) is 0 Å². The SMILES string of the molecule is O=C/C(=C\Nc1ccc(C(=O)N2CCCCC2)cc1)c1nc2cc(Cl)ccc2o1. The standard InChI is InChI=1S/C22H20ClN3O3/c23-17-6-9-20-19(12-17)25-21(29-20)16(14-27)13-24-18-7-4-15(5-8-18)22(28)26-10-2-1-3-11-26/h4-9,12-14,24H,1-3,10-11H2/b16-13+. The van der Waals surface area contributed by atoms with E-state index in [1.165, 1.54) is 12.6 Å². The lowest BCUT2D eigenvalue weighted by molar-refractivity contribution is -0.103. The summed E-state index contributed by atoms with van der Waals surface area (Å²) in [4.78, 5) is 30.2. The summed E-state index contributed by atoms with van der Waals surface area (Å²) in [5, 5.41) is 3.60. The van der Waals surface area contributed by atoms with E-state index in [1.54, 1.807) is 30.3 Å². The molecule has 2 aromatic carbocycles. The van der Waals surface area contributed by atoms with Crippen LogP contribution in [-0.4, -0.2) is 35.2 Å². The second kappa shape index (κ2) is 8.49. The highest BCUT2D eigenvalue weighted by Crippen LogP contribution is 2.23. The predicted molar refractivity (Wildman–Crippen MR) is 113 cm³/mol. The molecule has 1 amide bonds. The molecular weight excluding hydrogens is 390 g/mol. The maximum Gasteiger partial charge on any atom is 0.253 e. The number of anilines is 1. The Morgan fingerprint density at radius 1 is 1.10 bits per heavy atom. The van der Waals surface area contributed by atoms with Crippen LogP contribution >= 0.6 is 11.6 Å². The van der Waals surface area contributed by atoms with Gasteiger partial charge in [0.15, 0.2) is 11.9 Å². The van der Waals surface area contributed by atoms with Crippen LogP contribution in [0, 0.1) is 0 Å². The molecular formula is C22H20ClN3O3. The molecule has 0 spiro atoms. The van der Waals surface area contributed by atoms with Crippen molar-refractivity contribution in [3.05, 3.63) is 65.1 Å². The molecule has 1 fully saturated rings. The highest BCUT2D eigenvalue weighted by atomic mass is 35.5. The number of carbonyl (C=O) groups excluding carboxylic acids is 2. The number of oxazole rings is 1. The molecule has 0 bridgehead atoms. The maximum absolute atomic E-state index is 12.5. The van der Waals surface area contributed by atoms with Gasteiger partial charge in [-0.3, -0.25) is 9.59 Å². The van der Waals surface area contributed by atoms with Crippen molar-refractivity contribution in [2.75, 3.05) is 18.4 Å². The van der Waals surface area contributed by atoms with Crippen LogP contribution in [0.1, 0.15) is 35.5 Å². The Kier molecular flexibility index (Phi) is 5.62. The minimum absolute atomic E-state index is 0.0607. The normalized spacial score (nSPS) is 14.8. The Hall–Kier alpha value is -3.12. The van der Waals surface area contributed by atoms with Gasteiger partial charge in [0.25, 0.3) is 5.91 Å². The third-order valence-corrected chi connectivity index (χ3v) is 5.13. The van der Waals surface area contributed by atoms with Crippen molar-refractivity contribution >= 4 is 46.2 Å². The molecule has 7 heteroatoms. The van der Waals surface area contributed by atoms with E-state index in [4.69, 9.17) is 16.0 Å². The number of halogens is 1. The first-order valence-electron chi connectivity index (χ1n) is 9.52. The number of allylic oxidation sites excluding steroid dienone is 1. The van der Waals surface area contributed by atoms with Crippen LogP contribution in [0.15, 0.2) is 53.1 Å². The summed E-state index contributed by atoms with van der Waals surface area (Å²) in [7, 11) is 0. The van der Waals surface area contributed by atoms with Crippen molar-refractivity contribution in [2.45, 2.75) is 19.3 Å². The van der Waals surface area contributed by atoms with Gasteiger partial charge in [0.05, 0.1) is 5.57 Å². The monoisotopic (exact) mass is 409 g/mol. The minimum atomic E-state index is 0.0607. The van der Waals surface area contributed by atoms with Crippen LogP contribution in [0.2, 0.25) is 5.02 Å². The molecule has 0 unspecified atom stereocenters. The van der Waals surface area contributed by atoms with Gasteiger partial charge in [-0.25, -0.2) is 4.98 Å². The maximum atomic E-state index is 12.5. The Bertz CT molecular complexity index is 1070. The summed E-state index contributed by atoms with van der Waals surface area (Å²) in [6, 6.07) is 12.3. The number of nitrogens with zero attached hydrogens (tertiary/aromatic N) is 2. The molecule has 148 valence electrons. The summed E-state index contributed by atoms with van der Waals surface area (Å²) >= 11 is 5.96. The van der Waals surface area contributed by atoms with E-state index in [-0.39, 0.29) is 17.4 Å². The lowest BCUT2D eigenvalue weighted by Crippen LogP contribution is -2.35. The topological polar surface area (TPSA) is 75.4 Å². The van der Waals surface area contributed by atoms with E-state index >= 15 is 0 Å². The number of aldehydes is 1. The molecule has 3 aromatic rings. The Morgan fingerprint density at radius 2 is 1.86 bits per heavy atom. The average molecular weight is 410 g/mol. The molecule has 1 aromatic heterocycles. The number of nitrogens with one attached hydrogen (secondary N) is 1. The Balaban J connectivity index is 1.47. The first-order chi connectivity index (χ1) is 14.1. The van der Waals surface area contributed by atoms with E-state index in [9.17, 15) is 9.59 Å². The molecule has 0 radical (unpaired) electrons. The summed E-state index contributed by atoms with van der Waals surface area (Å²) in [5.41, 5.74) is 2.82. The second-order valence-corrected chi connectivity index (χ2v) is 7.36. The van der Waals surface area contributed by atoms with Gasteiger partial charge in [-0.1, -0.05) is 11.6 Å². The number of carbonyl (C=O) groups is 2. The van der Waals surface area contributed by atoms with E-state index in [0.29, 0.717) is 28.0 Å². The predicted octanol–water partition coefficient (Wildman–Crippen LogP) is 4.76. The number of rotatable bonds is 5. The number of fused-ring (bicyclic) bond motifs is 1. The first kappa shape index (κ1) is 19.2. The highest BCUT2D eigenvalue weighted by molar-refractivity contribution is 6.31. The quantitative estimate of drug-likeness (QED) is 0.485. The van der Waals surface area contributed by atoms with Gasteiger partial charge < -0.3 is 14.6 Å². The van der Waals surface area contributed by atoms with Gasteiger partial charge in [0.1, 0.15) is 5.52 Å². The summed E-state index contributed by atoms with van der Waals surface area (Å²) in [6.07, 6.45) is 5.51. The largest absolute Gasteiger partial charge is 0.436 e. The first-order valence-corrected chi connectivity index (χ1v) is 9.89. The fourth-order valence-corrected chi connectivity index (χ4v) is 3.49. The summed E-state index contributed by atoms with van der Waals surface area (Å²) in [6.45, 7) is 1.64. The van der Waals surface area contributed by atoms with Crippen molar-refractivity contribution < 1.29 is 14.0 Å². The van der Waals surface area contributed by atoms with Crippen LogP contribution in [0.3, 0.4) is 0 Å². The second-order valence-electron chi connectivity index (χ2n) is 6.92. The zero-order chi connectivity index (χ0) is 20.2. The van der Waals surface area contributed by atoms with Crippen molar-refractivity contribution in [2.24, 2.45) is 0 Å². The lowest BCUT2D eigenvalue weighted by atomic mass is 10.1. The molecule has 2 heterocycles. The van der Waals surface area contributed by atoms with Crippen LogP contribution in [-0.2, 0) is 4.79 Å². The van der Waals surface area contributed by atoms with Crippen LogP contribution in [0.5, 0.6) is 0 Å². The van der Waals surface area contributed by atoms with Crippen molar-refractivity contribution in [1.29, 1.82) is 0 Å². The van der Waals surface area contributed by atoms with E-state index in [2.05, 4.69) is 10.3 Å². The van der Waals surface area contributed by atoms with Crippen LogP contribution < -0.4 is 5.32 Å². The fraction of sp³-hybridized carbons (Fsp3) is 0.227. The molecule has 1 aliphatic rings. The Labute approximate surface area is 173 Å². The molecule has 4 rings (SSSR count). The van der Waals surface area contributed by atoms with E-state index in [1.807, 2.05) is 17.0 Å². The lowest BCUT2D eigenvalue weighted by Gasteiger charge is -2.26. The van der Waals surface area contributed by atoms with Crippen molar-refractivity contribution in [3.63, 3.8) is 0 Å². The van der Waals surface area contributed by atoms with Crippen molar-refractivity contribution in [1.82, 2.24) is 9.88 Å². The zero-order valence-corrected chi connectivity index (χ0v) is 16.5. The molecule has 0 aliphatic carbocycles. The zero-order valence-electron chi connectivity index (χ0n) is 15.7. The van der Waals surface area contributed by atoms with Gasteiger partial charge >= 0.3 is 0 Å². The van der Waals surface area contributed by atoms with Gasteiger partial charge in [0.2, 0.25) is 5.89 Å². The van der Waals surface area contributed by atoms with Gasteiger partial charge in [-0.05, 0) is 61.7 Å². The minimum Gasteiger partial charge on any atom is -0.436 e. The number of hydrogen-bond acceptors (Lipinski definition) is 5. The van der Waals surface area contributed by atoms with Gasteiger partial charge in [0, 0.05) is 35.6 Å². The molecule has 1 saturated heterocycles.